The summed E-state index contributed by atoms with van der Waals surface area (Å²) in [5, 5.41) is 5.85. The van der Waals surface area contributed by atoms with E-state index in [4.69, 9.17) is 17.3 Å². The van der Waals surface area contributed by atoms with Crippen LogP contribution in [0, 0.1) is 0 Å². The predicted molar refractivity (Wildman–Crippen MR) is 55.3 cm³/mol. The van der Waals surface area contributed by atoms with E-state index in [0.29, 0.717) is 24.1 Å². The molecule has 0 saturated carbocycles. The third-order valence-corrected chi connectivity index (χ3v) is 1.66. The third-order valence-electron chi connectivity index (χ3n) is 1.45. The Morgan fingerprint density at radius 2 is 2.29 bits per heavy atom. The van der Waals surface area contributed by atoms with Gasteiger partial charge in [-0.05, 0) is 12.1 Å². The summed E-state index contributed by atoms with van der Waals surface area (Å²) in [6.07, 6.45) is 0. The highest BCUT2D eigenvalue weighted by Gasteiger charge is 1.94. The Labute approximate surface area is 86.7 Å². The molecule has 14 heavy (non-hydrogen) atoms. The number of halogens is 1. The van der Waals surface area contributed by atoms with Gasteiger partial charge >= 0.3 is 6.03 Å². The van der Waals surface area contributed by atoms with Crippen LogP contribution in [0.25, 0.3) is 0 Å². The summed E-state index contributed by atoms with van der Waals surface area (Å²) in [4.78, 5) is 14.3. The van der Waals surface area contributed by atoms with Crippen LogP contribution in [0.15, 0.2) is 18.2 Å². The van der Waals surface area contributed by atoms with Crippen LogP contribution in [0.1, 0.15) is 0 Å². The third kappa shape index (κ3) is 3.95. The lowest BCUT2D eigenvalue weighted by Gasteiger charge is -2.05. The van der Waals surface area contributed by atoms with Gasteiger partial charge in [-0.3, -0.25) is 0 Å². The predicted octanol–water partition coefficient (Wildman–Crippen LogP) is 0.815. The average Bonchev–Trinajstić information content (AvgIpc) is 2.12. The Balaban J connectivity index is 2.28. The summed E-state index contributed by atoms with van der Waals surface area (Å²) < 4.78 is 0. The Kier molecular flexibility index (Phi) is 4.00. The molecule has 0 saturated heterocycles. The largest absolute Gasteiger partial charge is 0.368 e. The molecule has 0 fully saturated rings. The topological polar surface area (TPSA) is 80.0 Å². The number of aromatic nitrogens is 1. The molecule has 0 bridgehead atoms. The van der Waals surface area contributed by atoms with Gasteiger partial charge in [-0.2, -0.15) is 0 Å². The number of hydrogen-bond donors (Lipinski definition) is 3. The van der Waals surface area contributed by atoms with Gasteiger partial charge in [-0.25, -0.2) is 9.78 Å². The van der Waals surface area contributed by atoms with Gasteiger partial charge in [0.1, 0.15) is 11.0 Å². The number of nitrogens with one attached hydrogen (secondary N) is 2. The lowest BCUT2D eigenvalue weighted by Crippen LogP contribution is -2.33. The standard InChI is InChI=1S/C8H11ClN4O/c9-6-2-1-3-7(13-6)11-4-5-12-8(10)14/h1-3H,4-5H2,(H,11,13)(H3,10,12,14). The van der Waals surface area contributed by atoms with Crippen molar-refractivity contribution in [3.8, 4) is 0 Å². The zero-order valence-corrected chi connectivity index (χ0v) is 8.21. The molecule has 76 valence electrons. The van der Waals surface area contributed by atoms with E-state index >= 15 is 0 Å². The van der Waals surface area contributed by atoms with Crippen LogP contribution in [0.4, 0.5) is 10.6 Å². The fourth-order valence-electron chi connectivity index (χ4n) is 0.883. The number of carbonyl (C=O) groups is 1. The Bertz CT molecular complexity index is 318. The molecular formula is C8H11ClN4O. The fraction of sp³-hybridized carbons (Fsp3) is 0.250. The van der Waals surface area contributed by atoms with E-state index in [2.05, 4.69) is 15.6 Å². The first-order valence-corrected chi connectivity index (χ1v) is 4.46. The van der Waals surface area contributed by atoms with Crippen molar-refractivity contribution < 1.29 is 4.79 Å². The summed E-state index contributed by atoms with van der Waals surface area (Å²) in [6.45, 7) is 1.000. The van der Waals surface area contributed by atoms with Crippen LogP contribution in [0.5, 0.6) is 0 Å². The molecule has 2 amide bonds. The molecule has 0 aromatic carbocycles. The van der Waals surface area contributed by atoms with Crippen molar-refractivity contribution in [2.24, 2.45) is 5.73 Å². The molecule has 0 aliphatic heterocycles. The van der Waals surface area contributed by atoms with Gasteiger partial charge in [-0.15, -0.1) is 0 Å². The van der Waals surface area contributed by atoms with Crippen molar-refractivity contribution in [3.63, 3.8) is 0 Å². The lowest BCUT2D eigenvalue weighted by atomic mass is 10.4. The summed E-state index contributed by atoms with van der Waals surface area (Å²) in [6, 6.07) is 4.73. The SMILES string of the molecule is NC(=O)NCCNc1cccc(Cl)n1. The number of carbonyl (C=O) groups excluding carboxylic acids is 1. The van der Waals surface area contributed by atoms with E-state index in [-0.39, 0.29) is 0 Å². The summed E-state index contributed by atoms with van der Waals surface area (Å²) in [5.41, 5.74) is 4.88. The maximum atomic E-state index is 10.3. The maximum absolute atomic E-state index is 10.3. The van der Waals surface area contributed by atoms with Gasteiger partial charge in [0.05, 0.1) is 0 Å². The second kappa shape index (κ2) is 5.29. The maximum Gasteiger partial charge on any atom is 0.312 e. The molecule has 0 unspecified atom stereocenters. The zero-order chi connectivity index (χ0) is 10.4. The van der Waals surface area contributed by atoms with Gasteiger partial charge < -0.3 is 16.4 Å². The molecule has 1 aromatic rings. The highest BCUT2D eigenvalue weighted by molar-refractivity contribution is 6.29. The second-order valence-corrected chi connectivity index (χ2v) is 2.95. The number of rotatable bonds is 4. The van der Waals surface area contributed by atoms with Gasteiger partial charge in [-0.1, -0.05) is 17.7 Å². The smallest absolute Gasteiger partial charge is 0.312 e. The van der Waals surface area contributed by atoms with Gasteiger partial charge in [0.2, 0.25) is 0 Å². The Hall–Kier alpha value is -1.49. The van der Waals surface area contributed by atoms with Crippen molar-refractivity contribution in [2.45, 2.75) is 0 Å². The van der Waals surface area contributed by atoms with Crippen LogP contribution in [0.2, 0.25) is 5.15 Å². The number of hydrogen-bond acceptors (Lipinski definition) is 3. The fourth-order valence-corrected chi connectivity index (χ4v) is 1.05. The van der Waals surface area contributed by atoms with Gasteiger partial charge in [0.15, 0.2) is 0 Å². The molecule has 5 nitrogen and oxygen atoms in total. The minimum Gasteiger partial charge on any atom is -0.368 e. The van der Waals surface area contributed by atoms with Crippen molar-refractivity contribution >= 4 is 23.4 Å². The highest BCUT2D eigenvalue weighted by atomic mass is 35.5. The summed E-state index contributed by atoms with van der Waals surface area (Å²) in [7, 11) is 0. The molecule has 0 spiro atoms. The number of nitrogens with two attached hydrogens (primary N) is 1. The van der Waals surface area contributed by atoms with Crippen LogP contribution < -0.4 is 16.4 Å². The zero-order valence-electron chi connectivity index (χ0n) is 7.46. The van der Waals surface area contributed by atoms with Crippen LogP contribution in [-0.4, -0.2) is 24.1 Å². The van der Waals surface area contributed by atoms with Gasteiger partial charge in [0, 0.05) is 13.1 Å². The van der Waals surface area contributed by atoms with Crippen molar-refractivity contribution in [1.82, 2.24) is 10.3 Å². The van der Waals surface area contributed by atoms with Crippen molar-refractivity contribution in [3.05, 3.63) is 23.4 Å². The molecule has 0 atom stereocenters. The van der Waals surface area contributed by atoms with E-state index in [1.807, 2.05) is 0 Å². The summed E-state index contributed by atoms with van der Waals surface area (Å²) >= 11 is 5.67. The monoisotopic (exact) mass is 214 g/mol. The first kappa shape index (κ1) is 10.6. The molecule has 0 radical (unpaired) electrons. The molecule has 4 N–H and O–H groups in total. The molecule has 6 heteroatoms. The van der Waals surface area contributed by atoms with Crippen molar-refractivity contribution in [1.29, 1.82) is 0 Å². The molecule has 1 heterocycles. The van der Waals surface area contributed by atoms with Crippen molar-refractivity contribution in [2.75, 3.05) is 18.4 Å². The number of anilines is 1. The number of primary amides is 1. The van der Waals surface area contributed by atoms with E-state index in [1.165, 1.54) is 0 Å². The van der Waals surface area contributed by atoms with E-state index in [1.54, 1.807) is 18.2 Å². The molecule has 1 aromatic heterocycles. The van der Waals surface area contributed by atoms with Gasteiger partial charge in [0.25, 0.3) is 0 Å². The number of urea groups is 1. The van der Waals surface area contributed by atoms with Crippen LogP contribution >= 0.6 is 11.6 Å². The highest BCUT2D eigenvalue weighted by Crippen LogP contribution is 2.08. The second-order valence-electron chi connectivity index (χ2n) is 2.56. The van der Waals surface area contributed by atoms with E-state index < -0.39 is 6.03 Å². The molecule has 0 aliphatic carbocycles. The number of pyridine rings is 1. The number of amides is 2. The molecular weight excluding hydrogens is 204 g/mol. The quantitative estimate of drug-likeness (QED) is 0.513. The number of nitrogens with zero attached hydrogens (tertiary/aromatic N) is 1. The van der Waals surface area contributed by atoms with E-state index in [0.717, 1.165) is 0 Å². The Morgan fingerprint density at radius 3 is 2.93 bits per heavy atom. The van der Waals surface area contributed by atoms with Crippen LogP contribution in [-0.2, 0) is 0 Å². The minimum atomic E-state index is -0.536. The summed E-state index contributed by atoms with van der Waals surface area (Å²) in [5.74, 6) is 0.670. The normalized spacial score (nSPS) is 9.50. The van der Waals surface area contributed by atoms with E-state index in [9.17, 15) is 4.79 Å². The molecule has 0 aliphatic rings. The Morgan fingerprint density at radius 1 is 1.50 bits per heavy atom. The lowest BCUT2D eigenvalue weighted by molar-refractivity contribution is 0.249. The average molecular weight is 215 g/mol. The van der Waals surface area contributed by atoms with Crippen LogP contribution in [0.3, 0.4) is 0 Å². The first-order chi connectivity index (χ1) is 6.68. The minimum absolute atomic E-state index is 0.429. The molecule has 1 rings (SSSR count). The first-order valence-electron chi connectivity index (χ1n) is 4.08.